The first-order valence-electron chi connectivity index (χ1n) is 6.03. The molecule has 1 aromatic carbocycles. The number of methoxy groups -OCH3 is 2. The van der Waals surface area contributed by atoms with Gasteiger partial charge in [-0.2, -0.15) is 4.68 Å². The summed E-state index contributed by atoms with van der Waals surface area (Å²) in [7, 11) is 3.12. The number of nitrogens with two attached hydrogens (primary N) is 1. The van der Waals surface area contributed by atoms with E-state index in [0.717, 1.165) is 0 Å². The summed E-state index contributed by atoms with van der Waals surface area (Å²) in [6, 6.07) is 5.27. The first kappa shape index (κ1) is 15.1. The molecule has 0 unspecified atom stereocenters. The molecule has 0 saturated carbocycles. The normalized spacial score (nSPS) is 12.0. The number of primary amides is 1. The minimum absolute atomic E-state index is 0.438. The number of tetrazole rings is 1. The van der Waals surface area contributed by atoms with Gasteiger partial charge < -0.3 is 15.2 Å². The summed E-state index contributed by atoms with van der Waals surface area (Å²) >= 11 is 1.17. The third-order valence-electron chi connectivity index (χ3n) is 2.74. The molecule has 21 heavy (non-hydrogen) atoms. The second-order valence-corrected chi connectivity index (χ2v) is 5.38. The van der Waals surface area contributed by atoms with Crippen LogP contribution in [0.5, 0.6) is 11.5 Å². The first-order valence-corrected chi connectivity index (χ1v) is 6.91. The molecule has 2 aromatic rings. The molecule has 0 aliphatic rings. The van der Waals surface area contributed by atoms with Crippen molar-refractivity contribution in [3.63, 3.8) is 0 Å². The van der Waals surface area contributed by atoms with Gasteiger partial charge in [0.05, 0.1) is 19.5 Å². The highest BCUT2D eigenvalue weighted by Gasteiger charge is 2.19. The first-order chi connectivity index (χ1) is 10.1. The van der Waals surface area contributed by atoms with Gasteiger partial charge in [0.25, 0.3) is 0 Å². The Morgan fingerprint density at radius 2 is 2.14 bits per heavy atom. The van der Waals surface area contributed by atoms with Crippen molar-refractivity contribution in [3.05, 3.63) is 18.2 Å². The molecule has 2 N–H and O–H groups in total. The standard InChI is InChI=1S/C12H15N5O3S/c1-7(11(13)18)21-12-14-15-16-17(12)9-6-8(19-2)4-5-10(9)20-3/h4-7H,1-3H3,(H2,13,18)/t7-/m0/s1. The second kappa shape index (κ2) is 6.44. The van der Waals surface area contributed by atoms with Crippen molar-refractivity contribution in [1.82, 2.24) is 20.2 Å². The largest absolute Gasteiger partial charge is 0.497 e. The van der Waals surface area contributed by atoms with Gasteiger partial charge in [0.15, 0.2) is 0 Å². The lowest BCUT2D eigenvalue weighted by atomic mass is 10.3. The van der Waals surface area contributed by atoms with E-state index in [1.165, 1.54) is 16.4 Å². The maximum atomic E-state index is 11.2. The fourth-order valence-electron chi connectivity index (χ4n) is 1.58. The molecule has 8 nitrogen and oxygen atoms in total. The van der Waals surface area contributed by atoms with Crippen molar-refractivity contribution in [1.29, 1.82) is 0 Å². The number of hydrogen-bond acceptors (Lipinski definition) is 7. The van der Waals surface area contributed by atoms with Crippen molar-refractivity contribution < 1.29 is 14.3 Å². The lowest BCUT2D eigenvalue weighted by Gasteiger charge is -2.12. The summed E-state index contributed by atoms with van der Waals surface area (Å²) < 4.78 is 12.0. The van der Waals surface area contributed by atoms with Crippen LogP contribution in [-0.2, 0) is 4.79 Å². The molecule has 112 valence electrons. The number of nitrogens with zero attached hydrogens (tertiary/aromatic N) is 4. The molecular formula is C12H15N5O3S. The van der Waals surface area contributed by atoms with Gasteiger partial charge in [-0.05, 0) is 29.5 Å². The van der Waals surface area contributed by atoms with E-state index in [0.29, 0.717) is 22.3 Å². The summed E-state index contributed by atoms with van der Waals surface area (Å²) in [5, 5.41) is 11.5. The molecule has 0 fully saturated rings. The van der Waals surface area contributed by atoms with Crippen molar-refractivity contribution in [2.24, 2.45) is 5.73 Å². The topological polar surface area (TPSA) is 105 Å². The Balaban J connectivity index is 2.43. The van der Waals surface area contributed by atoms with Gasteiger partial charge in [-0.15, -0.1) is 5.10 Å². The Morgan fingerprint density at radius 3 is 2.76 bits per heavy atom. The highest BCUT2D eigenvalue weighted by molar-refractivity contribution is 8.00. The summed E-state index contributed by atoms with van der Waals surface area (Å²) in [5.41, 5.74) is 5.87. The molecule has 0 bridgehead atoms. The Bertz CT molecular complexity index is 646. The average molecular weight is 309 g/mol. The van der Waals surface area contributed by atoms with Crippen LogP contribution >= 0.6 is 11.8 Å². The van der Waals surface area contributed by atoms with E-state index in [1.807, 2.05) is 0 Å². The molecule has 2 rings (SSSR count). The van der Waals surface area contributed by atoms with Crippen LogP contribution in [0.4, 0.5) is 0 Å². The number of rotatable bonds is 6. The fraction of sp³-hybridized carbons (Fsp3) is 0.333. The lowest BCUT2D eigenvalue weighted by molar-refractivity contribution is -0.117. The number of ether oxygens (including phenoxy) is 2. The van der Waals surface area contributed by atoms with E-state index in [-0.39, 0.29) is 0 Å². The SMILES string of the molecule is COc1ccc(OC)c(-n2nnnc2S[C@@H](C)C(N)=O)c1. The van der Waals surface area contributed by atoms with Gasteiger partial charge in [0.1, 0.15) is 17.2 Å². The Hall–Kier alpha value is -2.29. The van der Waals surface area contributed by atoms with Gasteiger partial charge in [0.2, 0.25) is 11.1 Å². The quantitative estimate of drug-likeness (QED) is 0.781. The minimum atomic E-state index is -0.452. The van der Waals surface area contributed by atoms with Crippen LogP contribution in [0, 0.1) is 0 Å². The molecule has 1 heterocycles. The molecule has 1 atom stereocenters. The van der Waals surface area contributed by atoms with Crippen molar-refractivity contribution in [3.8, 4) is 17.2 Å². The van der Waals surface area contributed by atoms with Gasteiger partial charge in [0, 0.05) is 6.07 Å². The Labute approximate surface area is 125 Å². The van der Waals surface area contributed by atoms with E-state index in [9.17, 15) is 4.79 Å². The average Bonchev–Trinajstić information content (AvgIpc) is 2.94. The van der Waals surface area contributed by atoms with Crippen LogP contribution in [-0.4, -0.2) is 45.6 Å². The second-order valence-electron chi connectivity index (χ2n) is 4.07. The van der Waals surface area contributed by atoms with Crippen LogP contribution in [0.3, 0.4) is 0 Å². The summed E-state index contributed by atoms with van der Waals surface area (Å²) in [6.07, 6.45) is 0. The van der Waals surface area contributed by atoms with Gasteiger partial charge in [-0.3, -0.25) is 4.79 Å². The number of amides is 1. The monoisotopic (exact) mass is 309 g/mol. The third kappa shape index (κ3) is 3.24. The van der Waals surface area contributed by atoms with E-state index in [1.54, 1.807) is 39.3 Å². The molecule has 0 aliphatic carbocycles. The van der Waals surface area contributed by atoms with E-state index in [2.05, 4.69) is 15.5 Å². The zero-order valence-corrected chi connectivity index (χ0v) is 12.6. The number of aromatic nitrogens is 4. The van der Waals surface area contributed by atoms with Crippen molar-refractivity contribution in [2.75, 3.05) is 14.2 Å². The Morgan fingerprint density at radius 1 is 1.38 bits per heavy atom. The van der Waals surface area contributed by atoms with Crippen molar-refractivity contribution >= 4 is 17.7 Å². The zero-order chi connectivity index (χ0) is 15.4. The van der Waals surface area contributed by atoms with Gasteiger partial charge in [-0.1, -0.05) is 11.8 Å². The third-order valence-corrected chi connectivity index (χ3v) is 3.79. The molecule has 1 amide bonds. The number of carbonyl (C=O) groups is 1. The predicted molar refractivity (Wildman–Crippen MR) is 76.8 cm³/mol. The van der Waals surface area contributed by atoms with Crippen LogP contribution < -0.4 is 15.2 Å². The molecule has 0 spiro atoms. The zero-order valence-electron chi connectivity index (χ0n) is 11.8. The summed E-state index contributed by atoms with van der Waals surface area (Å²) in [6.45, 7) is 1.69. The van der Waals surface area contributed by atoms with Crippen LogP contribution in [0.15, 0.2) is 23.4 Å². The minimum Gasteiger partial charge on any atom is -0.497 e. The molecule has 0 radical (unpaired) electrons. The van der Waals surface area contributed by atoms with Crippen LogP contribution in [0.25, 0.3) is 5.69 Å². The van der Waals surface area contributed by atoms with Crippen molar-refractivity contribution in [2.45, 2.75) is 17.3 Å². The number of thioether (sulfide) groups is 1. The maximum absolute atomic E-state index is 11.2. The fourth-order valence-corrected chi connectivity index (χ4v) is 2.33. The number of benzene rings is 1. The smallest absolute Gasteiger partial charge is 0.230 e. The van der Waals surface area contributed by atoms with Gasteiger partial charge >= 0.3 is 0 Å². The maximum Gasteiger partial charge on any atom is 0.230 e. The van der Waals surface area contributed by atoms with Crippen LogP contribution in [0.2, 0.25) is 0 Å². The van der Waals surface area contributed by atoms with E-state index < -0.39 is 11.2 Å². The number of carbonyl (C=O) groups excluding carboxylic acids is 1. The number of hydrogen-bond donors (Lipinski definition) is 1. The highest BCUT2D eigenvalue weighted by Crippen LogP contribution is 2.30. The molecule has 0 saturated heterocycles. The summed E-state index contributed by atoms with van der Waals surface area (Å²) in [4.78, 5) is 11.2. The Kier molecular flexibility index (Phi) is 4.63. The lowest BCUT2D eigenvalue weighted by Crippen LogP contribution is -2.23. The molecule has 9 heteroatoms. The van der Waals surface area contributed by atoms with E-state index in [4.69, 9.17) is 15.2 Å². The molecule has 0 aliphatic heterocycles. The highest BCUT2D eigenvalue weighted by atomic mass is 32.2. The molecule has 1 aromatic heterocycles. The van der Waals surface area contributed by atoms with Gasteiger partial charge in [-0.25, -0.2) is 0 Å². The molecular weight excluding hydrogens is 294 g/mol. The van der Waals surface area contributed by atoms with E-state index >= 15 is 0 Å². The summed E-state index contributed by atoms with van der Waals surface area (Å²) in [5.74, 6) is 0.782. The van der Waals surface area contributed by atoms with Crippen LogP contribution in [0.1, 0.15) is 6.92 Å². The predicted octanol–water partition coefficient (Wildman–Crippen LogP) is 0.645.